The van der Waals surface area contributed by atoms with Crippen LogP contribution in [0.15, 0.2) is 24.5 Å². The van der Waals surface area contributed by atoms with Crippen LogP contribution in [0.2, 0.25) is 0 Å². The van der Waals surface area contributed by atoms with Crippen molar-refractivity contribution < 1.29 is 14.3 Å². The van der Waals surface area contributed by atoms with E-state index in [-0.39, 0.29) is 5.95 Å². The quantitative estimate of drug-likeness (QED) is 0.704. The summed E-state index contributed by atoms with van der Waals surface area (Å²) in [6.07, 6.45) is 1.19. The highest BCUT2D eigenvalue weighted by Gasteiger charge is 2.17. The number of rotatable bonds is 2. The predicted octanol–water partition coefficient (Wildman–Crippen LogP) is 0.902. The van der Waals surface area contributed by atoms with Crippen molar-refractivity contribution in [2.75, 3.05) is 5.32 Å². The highest BCUT2D eigenvalue weighted by Crippen LogP contribution is 2.20. The maximum atomic E-state index is 13.3. The molecule has 1 heterocycles. The summed E-state index contributed by atoms with van der Waals surface area (Å²) < 4.78 is 13.3. The number of nitrogens with one attached hydrogen (secondary N) is 2. The van der Waals surface area contributed by atoms with Crippen molar-refractivity contribution in [3.8, 4) is 5.75 Å². The van der Waals surface area contributed by atoms with E-state index in [9.17, 15) is 14.3 Å². The molecule has 2 rings (SSSR count). The molecule has 7 heteroatoms. The molecule has 0 aliphatic heterocycles. The Bertz CT molecular complexity index is 492. The van der Waals surface area contributed by atoms with Crippen molar-refractivity contribution >= 4 is 11.9 Å². The zero-order chi connectivity index (χ0) is 11.5. The lowest BCUT2D eigenvalue weighted by Gasteiger charge is -2.04. The first-order valence-corrected chi connectivity index (χ1v) is 4.32. The Morgan fingerprint density at radius 3 is 2.94 bits per heavy atom. The molecular weight excluding hydrogens is 215 g/mol. The minimum atomic E-state index is -0.808. The molecule has 0 aliphatic carbocycles. The summed E-state index contributed by atoms with van der Waals surface area (Å²) >= 11 is 0. The van der Waals surface area contributed by atoms with Gasteiger partial charge >= 0.3 is 0 Å². The van der Waals surface area contributed by atoms with Gasteiger partial charge in [-0.1, -0.05) is 6.07 Å². The number of aromatic hydroxyl groups is 1. The lowest BCUT2D eigenvalue weighted by atomic mass is 10.2. The molecule has 3 N–H and O–H groups in total. The smallest absolute Gasteiger partial charge is 0.264 e. The van der Waals surface area contributed by atoms with Gasteiger partial charge < -0.3 is 5.11 Å². The van der Waals surface area contributed by atoms with Crippen molar-refractivity contribution in [3.63, 3.8) is 0 Å². The van der Waals surface area contributed by atoms with E-state index in [1.54, 1.807) is 0 Å². The number of nitrogens with zero attached hydrogens (tertiary/aromatic N) is 2. The Labute approximate surface area is 89.1 Å². The molecule has 0 unspecified atom stereocenters. The van der Waals surface area contributed by atoms with E-state index in [4.69, 9.17) is 0 Å². The number of phenolic OH excluding ortho intramolecular Hbond substituents is 1. The maximum absolute atomic E-state index is 13.3. The first-order chi connectivity index (χ1) is 7.68. The van der Waals surface area contributed by atoms with E-state index in [0.29, 0.717) is 0 Å². The van der Waals surface area contributed by atoms with Crippen LogP contribution < -0.4 is 5.32 Å². The molecule has 6 nitrogen and oxygen atoms in total. The number of carbonyl (C=O) groups is 1. The number of halogens is 1. The van der Waals surface area contributed by atoms with Crippen LogP contribution in [0.4, 0.5) is 10.3 Å². The number of benzene rings is 1. The Balaban J connectivity index is 2.28. The summed E-state index contributed by atoms with van der Waals surface area (Å²) in [5, 5.41) is 17.5. The van der Waals surface area contributed by atoms with Crippen molar-refractivity contribution in [3.05, 3.63) is 35.9 Å². The van der Waals surface area contributed by atoms with Crippen molar-refractivity contribution in [2.45, 2.75) is 0 Å². The summed E-state index contributed by atoms with van der Waals surface area (Å²) in [6.45, 7) is 0. The lowest BCUT2D eigenvalue weighted by molar-refractivity contribution is 0.101. The summed E-state index contributed by atoms with van der Waals surface area (Å²) in [6, 6.07) is 3.60. The molecule has 0 atom stereocenters. The zero-order valence-corrected chi connectivity index (χ0v) is 7.94. The largest absolute Gasteiger partial charge is 0.507 e. The minimum absolute atomic E-state index is 0.0765. The first-order valence-electron chi connectivity index (χ1n) is 4.32. The van der Waals surface area contributed by atoms with Gasteiger partial charge in [0.15, 0.2) is 0 Å². The van der Waals surface area contributed by atoms with E-state index in [2.05, 4.69) is 20.5 Å². The van der Waals surface area contributed by atoms with Gasteiger partial charge in [0.1, 0.15) is 23.5 Å². The third-order valence-corrected chi connectivity index (χ3v) is 1.87. The van der Waals surface area contributed by atoms with Crippen LogP contribution in [0.1, 0.15) is 10.4 Å². The van der Waals surface area contributed by atoms with Gasteiger partial charge in [-0.15, -0.1) is 0 Å². The summed E-state index contributed by atoms with van der Waals surface area (Å²) in [5.74, 6) is -1.96. The molecule has 1 aromatic carbocycles. The number of hydrogen-bond donors (Lipinski definition) is 3. The molecule has 2 aromatic rings. The summed E-state index contributed by atoms with van der Waals surface area (Å²) in [4.78, 5) is 15.2. The molecule has 1 amide bonds. The van der Waals surface area contributed by atoms with Gasteiger partial charge in [-0.05, 0) is 12.1 Å². The zero-order valence-electron chi connectivity index (χ0n) is 7.94. The topological polar surface area (TPSA) is 90.9 Å². The van der Waals surface area contributed by atoms with Gasteiger partial charge in [0.25, 0.3) is 5.91 Å². The summed E-state index contributed by atoms with van der Waals surface area (Å²) in [5.41, 5.74) is -0.432. The SMILES string of the molecule is O=C(Nc1ncn[nH]1)c1c(O)cccc1F. The number of phenols is 1. The third-order valence-electron chi connectivity index (χ3n) is 1.87. The molecule has 82 valence electrons. The van der Waals surface area contributed by atoms with Crippen molar-refractivity contribution in [2.24, 2.45) is 0 Å². The maximum Gasteiger partial charge on any atom is 0.264 e. The molecule has 0 spiro atoms. The third kappa shape index (κ3) is 1.83. The molecule has 0 fully saturated rings. The van der Waals surface area contributed by atoms with Crippen LogP contribution in [-0.2, 0) is 0 Å². The van der Waals surface area contributed by atoms with E-state index in [0.717, 1.165) is 6.07 Å². The molecule has 0 saturated heterocycles. The van der Waals surface area contributed by atoms with Crippen LogP contribution in [0.5, 0.6) is 5.75 Å². The highest BCUT2D eigenvalue weighted by molar-refractivity contribution is 6.05. The van der Waals surface area contributed by atoms with Gasteiger partial charge in [-0.3, -0.25) is 10.1 Å². The molecular formula is C9H7FN4O2. The molecule has 16 heavy (non-hydrogen) atoms. The number of amides is 1. The van der Waals surface area contributed by atoms with Gasteiger partial charge in [0, 0.05) is 0 Å². The summed E-state index contributed by atoms with van der Waals surface area (Å²) in [7, 11) is 0. The van der Waals surface area contributed by atoms with E-state index in [1.165, 1.54) is 18.5 Å². The number of aromatic amines is 1. The second kappa shape index (κ2) is 3.97. The van der Waals surface area contributed by atoms with Crippen LogP contribution in [0.3, 0.4) is 0 Å². The predicted molar refractivity (Wildman–Crippen MR) is 52.4 cm³/mol. The molecule has 1 aromatic heterocycles. The Kier molecular flexibility index (Phi) is 2.50. The fraction of sp³-hybridized carbons (Fsp3) is 0. The highest BCUT2D eigenvalue weighted by atomic mass is 19.1. The first kappa shape index (κ1) is 10.1. The molecule has 0 saturated carbocycles. The fourth-order valence-corrected chi connectivity index (χ4v) is 1.17. The Morgan fingerprint density at radius 2 is 2.31 bits per heavy atom. The number of hydrogen-bond acceptors (Lipinski definition) is 4. The standard InChI is InChI=1S/C9H7FN4O2/c10-5-2-1-3-6(15)7(5)8(16)13-9-11-4-12-14-9/h1-4,15H,(H2,11,12,13,14,16). The molecule has 0 bridgehead atoms. The average Bonchev–Trinajstić information content (AvgIpc) is 2.70. The molecule has 0 radical (unpaired) electrons. The van der Waals surface area contributed by atoms with Crippen LogP contribution in [0, 0.1) is 5.82 Å². The van der Waals surface area contributed by atoms with Gasteiger partial charge in [0.2, 0.25) is 5.95 Å². The van der Waals surface area contributed by atoms with Gasteiger partial charge in [0.05, 0.1) is 0 Å². The number of carbonyl (C=O) groups excluding carboxylic acids is 1. The lowest BCUT2D eigenvalue weighted by Crippen LogP contribution is -2.15. The van der Waals surface area contributed by atoms with E-state index < -0.39 is 23.0 Å². The second-order valence-corrected chi connectivity index (χ2v) is 2.92. The van der Waals surface area contributed by atoms with Crippen LogP contribution in [0.25, 0.3) is 0 Å². The number of H-pyrrole nitrogens is 1. The van der Waals surface area contributed by atoms with E-state index in [1.807, 2.05) is 0 Å². The fourth-order valence-electron chi connectivity index (χ4n) is 1.17. The van der Waals surface area contributed by atoms with Crippen molar-refractivity contribution in [1.82, 2.24) is 15.2 Å². The Morgan fingerprint density at radius 1 is 1.50 bits per heavy atom. The number of anilines is 1. The minimum Gasteiger partial charge on any atom is -0.507 e. The van der Waals surface area contributed by atoms with Gasteiger partial charge in [-0.2, -0.15) is 10.1 Å². The van der Waals surface area contributed by atoms with Crippen LogP contribution in [-0.4, -0.2) is 26.2 Å². The van der Waals surface area contributed by atoms with Crippen molar-refractivity contribution in [1.29, 1.82) is 0 Å². The average molecular weight is 222 g/mol. The molecule has 0 aliphatic rings. The number of aromatic nitrogens is 3. The van der Waals surface area contributed by atoms with Gasteiger partial charge in [-0.25, -0.2) is 9.49 Å². The van der Waals surface area contributed by atoms with E-state index >= 15 is 0 Å². The Hall–Kier alpha value is -2.44. The monoisotopic (exact) mass is 222 g/mol. The normalized spacial score (nSPS) is 10.1. The second-order valence-electron chi connectivity index (χ2n) is 2.92. The van der Waals surface area contributed by atoms with Crippen LogP contribution >= 0.6 is 0 Å².